The first kappa shape index (κ1) is 15.2. The van der Waals surface area contributed by atoms with E-state index in [-0.39, 0.29) is 11.8 Å². The number of nitrogens with one attached hydrogen (secondary N) is 3. The molecule has 0 unspecified atom stereocenters. The molecule has 0 aliphatic heterocycles. The molecule has 0 aliphatic carbocycles. The second-order valence-electron chi connectivity index (χ2n) is 4.23. The zero-order chi connectivity index (χ0) is 14.1. The monoisotopic (exact) mass is 263 g/mol. The van der Waals surface area contributed by atoms with Gasteiger partial charge in [0.25, 0.3) is 5.91 Å². The molecule has 0 atom stereocenters. The Kier molecular flexibility index (Phi) is 6.60. The van der Waals surface area contributed by atoms with Crippen molar-refractivity contribution in [2.45, 2.75) is 19.8 Å². The van der Waals surface area contributed by atoms with Crippen molar-refractivity contribution >= 4 is 17.5 Å². The maximum Gasteiger partial charge on any atom is 0.251 e. The van der Waals surface area contributed by atoms with Crippen LogP contribution in [0.4, 0.5) is 5.69 Å². The Hall–Kier alpha value is -1.88. The minimum Gasteiger partial charge on any atom is -0.355 e. The highest BCUT2D eigenvalue weighted by Crippen LogP contribution is 2.09. The third kappa shape index (κ3) is 5.52. The highest BCUT2D eigenvalue weighted by molar-refractivity contribution is 5.96. The summed E-state index contributed by atoms with van der Waals surface area (Å²) < 4.78 is 0. The Labute approximate surface area is 113 Å². The first-order valence-corrected chi connectivity index (χ1v) is 6.50. The van der Waals surface area contributed by atoms with Gasteiger partial charge in [0.05, 0.1) is 6.54 Å². The zero-order valence-corrected chi connectivity index (χ0v) is 11.5. The Bertz CT molecular complexity index is 415. The van der Waals surface area contributed by atoms with E-state index in [0.717, 1.165) is 19.4 Å². The standard InChI is InChI=1S/C14H21N3O2/c1-3-4-9-16-10-13(18)17-12-7-5-11(6-8-12)14(19)15-2/h5-8,16H,3-4,9-10H2,1-2H3,(H,15,19)(H,17,18). The second kappa shape index (κ2) is 8.26. The van der Waals surface area contributed by atoms with Gasteiger partial charge in [0.1, 0.15) is 0 Å². The van der Waals surface area contributed by atoms with Crippen LogP contribution in [0.15, 0.2) is 24.3 Å². The van der Waals surface area contributed by atoms with E-state index >= 15 is 0 Å². The molecule has 5 nitrogen and oxygen atoms in total. The molecular formula is C14H21N3O2. The summed E-state index contributed by atoms with van der Waals surface area (Å²) in [5.41, 5.74) is 1.26. The van der Waals surface area contributed by atoms with Gasteiger partial charge < -0.3 is 16.0 Å². The SMILES string of the molecule is CCCCNCC(=O)Nc1ccc(C(=O)NC)cc1. The fourth-order valence-corrected chi connectivity index (χ4v) is 1.56. The summed E-state index contributed by atoms with van der Waals surface area (Å²) in [6, 6.07) is 6.79. The quantitative estimate of drug-likeness (QED) is 0.651. The van der Waals surface area contributed by atoms with Crippen LogP contribution in [0.5, 0.6) is 0 Å². The molecule has 104 valence electrons. The largest absolute Gasteiger partial charge is 0.355 e. The number of anilines is 1. The normalized spacial score (nSPS) is 10.0. The van der Waals surface area contributed by atoms with Gasteiger partial charge in [-0.15, -0.1) is 0 Å². The lowest BCUT2D eigenvalue weighted by Crippen LogP contribution is -2.28. The van der Waals surface area contributed by atoms with Crippen LogP contribution in [0.3, 0.4) is 0 Å². The van der Waals surface area contributed by atoms with Crippen molar-refractivity contribution in [3.63, 3.8) is 0 Å². The summed E-state index contributed by atoms with van der Waals surface area (Å²) in [6.07, 6.45) is 2.17. The first-order chi connectivity index (χ1) is 9.17. The van der Waals surface area contributed by atoms with Crippen LogP contribution in [0, 0.1) is 0 Å². The number of unbranched alkanes of at least 4 members (excludes halogenated alkanes) is 1. The summed E-state index contributed by atoms with van der Waals surface area (Å²) in [6.45, 7) is 3.26. The van der Waals surface area contributed by atoms with Gasteiger partial charge in [-0.25, -0.2) is 0 Å². The van der Waals surface area contributed by atoms with Gasteiger partial charge in [0, 0.05) is 18.3 Å². The summed E-state index contributed by atoms with van der Waals surface area (Å²) in [4.78, 5) is 22.9. The lowest BCUT2D eigenvalue weighted by Gasteiger charge is -2.07. The Morgan fingerprint density at radius 1 is 1.16 bits per heavy atom. The van der Waals surface area contributed by atoms with E-state index in [0.29, 0.717) is 17.8 Å². The van der Waals surface area contributed by atoms with E-state index in [1.165, 1.54) is 0 Å². The van der Waals surface area contributed by atoms with Crippen molar-refractivity contribution in [3.8, 4) is 0 Å². The molecule has 1 aromatic carbocycles. The fraction of sp³-hybridized carbons (Fsp3) is 0.429. The number of rotatable bonds is 7. The third-order valence-corrected chi connectivity index (χ3v) is 2.65. The minimum atomic E-state index is -0.140. The lowest BCUT2D eigenvalue weighted by atomic mass is 10.2. The van der Waals surface area contributed by atoms with Gasteiger partial charge in [0.2, 0.25) is 5.91 Å². The van der Waals surface area contributed by atoms with Gasteiger partial charge in [-0.2, -0.15) is 0 Å². The number of carbonyl (C=O) groups is 2. The minimum absolute atomic E-state index is 0.0798. The molecule has 1 rings (SSSR count). The van der Waals surface area contributed by atoms with Crippen LogP contribution in [-0.2, 0) is 4.79 Å². The van der Waals surface area contributed by atoms with Crippen LogP contribution in [-0.4, -0.2) is 32.0 Å². The molecule has 0 fully saturated rings. The predicted molar refractivity (Wildman–Crippen MR) is 76.2 cm³/mol. The fourth-order valence-electron chi connectivity index (χ4n) is 1.56. The van der Waals surface area contributed by atoms with Gasteiger partial charge in [-0.3, -0.25) is 9.59 Å². The molecule has 19 heavy (non-hydrogen) atoms. The molecule has 2 amide bonds. The maximum atomic E-state index is 11.6. The van der Waals surface area contributed by atoms with Crippen LogP contribution >= 0.6 is 0 Å². The van der Waals surface area contributed by atoms with E-state index in [2.05, 4.69) is 22.9 Å². The third-order valence-electron chi connectivity index (χ3n) is 2.65. The smallest absolute Gasteiger partial charge is 0.251 e. The molecular weight excluding hydrogens is 242 g/mol. The topological polar surface area (TPSA) is 70.2 Å². The van der Waals surface area contributed by atoms with Crippen LogP contribution in [0.1, 0.15) is 30.1 Å². The predicted octanol–water partition coefficient (Wildman–Crippen LogP) is 1.37. The van der Waals surface area contributed by atoms with Crippen LogP contribution in [0.25, 0.3) is 0 Å². The van der Waals surface area contributed by atoms with Gasteiger partial charge in [0.15, 0.2) is 0 Å². The highest BCUT2D eigenvalue weighted by atomic mass is 16.2. The lowest BCUT2D eigenvalue weighted by molar-refractivity contribution is -0.115. The van der Waals surface area contributed by atoms with Gasteiger partial charge in [-0.05, 0) is 37.2 Å². The molecule has 0 heterocycles. The molecule has 0 spiro atoms. The molecule has 0 bridgehead atoms. The van der Waals surface area contributed by atoms with Crippen LogP contribution < -0.4 is 16.0 Å². The van der Waals surface area contributed by atoms with E-state index in [9.17, 15) is 9.59 Å². The molecule has 3 N–H and O–H groups in total. The van der Waals surface area contributed by atoms with E-state index in [1.807, 2.05) is 0 Å². The molecule has 5 heteroatoms. The number of benzene rings is 1. The van der Waals surface area contributed by atoms with Crippen molar-refractivity contribution in [2.75, 3.05) is 25.5 Å². The summed E-state index contributed by atoms with van der Waals surface area (Å²) in [5, 5.41) is 8.38. The first-order valence-electron chi connectivity index (χ1n) is 6.50. The maximum absolute atomic E-state index is 11.6. The molecule has 0 saturated carbocycles. The summed E-state index contributed by atoms with van der Waals surface area (Å²) in [7, 11) is 1.58. The Morgan fingerprint density at radius 3 is 2.42 bits per heavy atom. The molecule has 0 saturated heterocycles. The molecule has 0 aliphatic rings. The Morgan fingerprint density at radius 2 is 1.84 bits per heavy atom. The Balaban J connectivity index is 2.40. The molecule has 1 aromatic rings. The summed E-state index contributed by atoms with van der Waals surface area (Å²) >= 11 is 0. The summed E-state index contributed by atoms with van der Waals surface area (Å²) in [5.74, 6) is -0.220. The number of hydrogen-bond donors (Lipinski definition) is 3. The van der Waals surface area contributed by atoms with Gasteiger partial charge >= 0.3 is 0 Å². The zero-order valence-electron chi connectivity index (χ0n) is 11.5. The van der Waals surface area contributed by atoms with E-state index in [1.54, 1.807) is 31.3 Å². The number of amides is 2. The average Bonchev–Trinajstić information content (AvgIpc) is 2.43. The van der Waals surface area contributed by atoms with E-state index < -0.39 is 0 Å². The molecule has 0 aromatic heterocycles. The van der Waals surface area contributed by atoms with Gasteiger partial charge in [-0.1, -0.05) is 13.3 Å². The highest BCUT2D eigenvalue weighted by Gasteiger charge is 2.04. The number of hydrogen-bond acceptors (Lipinski definition) is 3. The van der Waals surface area contributed by atoms with Crippen molar-refractivity contribution in [1.82, 2.24) is 10.6 Å². The second-order valence-corrected chi connectivity index (χ2v) is 4.23. The average molecular weight is 263 g/mol. The van der Waals surface area contributed by atoms with Crippen molar-refractivity contribution in [1.29, 1.82) is 0 Å². The van der Waals surface area contributed by atoms with Crippen molar-refractivity contribution in [2.24, 2.45) is 0 Å². The van der Waals surface area contributed by atoms with Crippen LogP contribution in [0.2, 0.25) is 0 Å². The number of carbonyl (C=O) groups excluding carboxylic acids is 2. The van der Waals surface area contributed by atoms with E-state index in [4.69, 9.17) is 0 Å². The van der Waals surface area contributed by atoms with Crippen molar-refractivity contribution in [3.05, 3.63) is 29.8 Å². The molecule has 0 radical (unpaired) electrons. The van der Waals surface area contributed by atoms with Crippen molar-refractivity contribution < 1.29 is 9.59 Å².